The lowest BCUT2D eigenvalue weighted by Crippen LogP contribution is -2.01. The van der Waals surface area contributed by atoms with E-state index >= 15 is 0 Å². The van der Waals surface area contributed by atoms with Gasteiger partial charge in [0, 0.05) is 6.54 Å². The zero-order valence-corrected chi connectivity index (χ0v) is 5.78. The van der Waals surface area contributed by atoms with E-state index in [1.165, 1.54) is 0 Å². The number of hydrogen-bond acceptors (Lipinski definition) is 1. The molecule has 0 saturated heterocycles. The Morgan fingerprint density at radius 1 is 1.38 bits per heavy atom. The van der Waals surface area contributed by atoms with Gasteiger partial charge >= 0.3 is 0 Å². The van der Waals surface area contributed by atoms with E-state index in [9.17, 15) is 0 Å². The maximum Gasteiger partial charge on any atom is 0.0322 e. The van der Waals surface area contributed by atoms with Crippen LogP contribution in [-0.2, 0) is 0 Å². The van der Waals surface area contributed by atoms with E-state index in [4.69, 9.17) is 0 Å². The van der Waals surface area contributed by atoms with E-state index in [1.54, 1.807) is 12.3 Å². The van der Waals surface area contributed by atoms with Crippen molar-refractivity contribution in [2.75, 3.05) is 6.54 Å². The third-order valence-corrected chi connectivity index (χ3v) is 0.407. The van der Waals surface area contributed by atoms with Crippen molar-refractivity contribution in [3.8, 4) is 0 Å². The van der Waals surface area contributed by atoms with Crippen LogP contribution in [-0.4, -0.2) is 6.54 Å². The van der Waals surface area contributed by atoms with E-state index in [1.807, 2.05) is 13.8 Å². The van der Waals surface area contributed by atoms with Gasteiger partial charge in [-0.1, -0.05) is 26.5 Å². The van der Waals surface area contributed by atoms with Gasteiger partial charge in [0.05, 0.1) is 0 Å². The molecule has 0 aliphatic carbocycles. The second-order valence-corrected chi connectivity index (χ2v) is 0.901. The predicted octanol–water partition coefficient (Wildman–Crippen LogP) is 1.93. The Hall–Kier alpha value is -0.720. The van der Waals surface area contributed by atoms with Crippen molar-refractivity contribution in [1.29, 1.82) is 0 Å². The monoisotopic (exact) mass is 113 g/mol. The highest BCUT2D eigenvalue weighted by atomic mass is 14.8. The Bertz CT molecular complexity index is 40.3. The van der Waals surface area contributed by atoms with Gasteiger partial charge in [-0.05, 0) is 6.20 Å². The number of nitrogens with one attached hydrogen (secondary N) is 1. The van der Waals surface area contributed by atoms with E-state index in [0.717, 1.165) is 6.54 Å². The molecule has 0 unspecified atom stereocenters. The average molecular weight is 113 g/mol. The second-order valence-electron chi connectivity index (χ2n) is 0.901. The Labute approximate surface area is 52.1 Å². The van der Waals surface area contributed by atoms with Gasteiger partial charge in [-0.2, -0.15) is 0 Å². The molecule has 0 amide bonds. The smallest absolute Gasteiger partial charge is 0.0322 e. The Kier molecular flexibility index (Phi) is 20.9. The first kappa shape index (κ1) is 10.3. The van der Waals surface area contributed by atoms with Gasteiger partial charge in [0.15, 0.2) is 0 Å². The molecule has 1 N–H and O–H groups in total. The van der Waals surface area contributed by atoms with E-state index in [-0.39, 0.29) is 0 Å². The summed E-state index contributed by atoms with van der Waals surface area (Å²) in [4.78, 5) is 0. The molecule has 48 valence electrons. The highest BCUT2D eigenvalue weighted by molar-refractivity contribution is 4.74. The molecule has 0 aliphatic heterocycles. The van der Waals surface area contributed by atoms with Crippen LogP contribution in [0.15, 0.2) is 25.4 Å². The van der Waals surface area contributed by atoms with E-state index in [0.29, 0.717) is 0 Å². The summed E-state index contributed by atoms with van der Waals surface area (Å²) in [7, 11) is 0. The van der Waals surface area contributed by atoms with Gasteiger partial charge in [-0.25, -0.2) is 0 Å². The molecular formula is C7H15N. The van der Waals surface area contributed by atoms with Gasteiger partial charge in [0.1, 0.15) is 0 Å². The number of hydrogen-bond donors (Lipinski definition) is 1. The Balaban J connectivity index is 0. The molecule has 0 heterocycles. The fraction of sp³-hybridized carbons (Fsp3) is 0.429. The summed E-state index contributed by atoms with van der Waals surface area (Å²) in [6.07, 6.45) is 3.42. The second kappa shape index (κ2) is 16.3. The predicted molar refractivity (Wildman–Crippen MR) is 39.7 cm³/mol. The van der Waals surface area contributed by atoms with Gasteiger partial charge in [0.2, 0.25) is 0 Å². The van der Waals surface area contributed by atoms with Crippen LogP contribution in [0.2, 0.25) is 0 Å². The highest BCUT2D eigenvalue weighted by Gasteiger charge is 1.59. The van der Waals surface area contributed by atoms with Gasteiger partial charge in [0.25, 0.3) is 0 Å². The minimum absolute atomic E-state index is 0.809. The molecule has 0 radical (unpaired) electrons. The van der Waals surface area contributed by atoms with Gasteiger partial charge < -0.3 is 5.32 Å². The molecule has 0 fully saturated rings. The summed E-state index contributed by atoms with van der Waals surface area (Å²) < 4.78 is 0. The SMILES string of the molecule is C=CCNC=C.CC. The summed E-state index contributed by atoms with van der Waals surface area (Å²) in [5.74, 6) is 0. The largest absolute Gasteiger partial charge is 0.388 e. The molecule has 0 rings (SSSR count). The summed E-state index contributed by atoms with van der Waals surface area (Å²) in [6.45, 7) is 11.7. The van der Waals surface area contributed by atoms with Crippen LogP contribution in [0.1, 0.15) is 13.8 Å². The lowest BCUT2D eigenvalue weighted by atomic mass is 10.6. The fourth-order valence-electron chi connectivity index (χ4n) is 0.167. The Morgan fingerprint density at radius 2 is 1.88 bits per heavy atom. The molecule has 8 heavy (non-hydrogen) atoms. The fourth-order valence-corrected chi connectivity index (χ4v) is 0.167. The molecule has 0 aromatic carbocycles. The Morgan fingerprint density at radius 3 is 2.00 bits per heavy atom. The molecule has 0 atom stereocenters. The molecule has 0 bridgehead atoms. The van der Waals surface area contributed by atoms with Crippen LogP contribution >= 0.6 is 0 Å². The van der Waals surface area contributed by atoms with Crippen molar-refractivity contribution in [3.63, 3.8) is 0 Å². The maximum atomic E-state index is 3.49. The molecule has 0 aliphatic rings. The quantitative estimate of drug-likeness (QED) is 0.435. The minimum Gasteiger partial charge on any atom is -0.388 e. The number of rotatable bonds is 3. The van der Waals surface area contributed by atoms with Crippen LogP contribution in [0.3, 0.4) is 0 Å². The first-order valence-corrected chi connectivity index (χ1v) is 2.87. The van der Waals surface area contributed by atoms with Crippen molar-refractivity contribution in [1.82, 2.24) is 5.32 Å². The van der Waals surface area contributed by atoms with Crippen LogP contribution < -0.4 is 5.32 Å². The van der Waals surface area contributed by atoms with Gasteiger partial charge in [-0.15, -0.1) is 6.58 Å². The zero-order chi connectivity index (χ0) is 6.83. The average Bonchev–Trinajstić information content (AvgIpc) is 1.88. The standard InChI is InChI=1S/C5H9N.C2H6/c1-3-5-6-4-2;1-2/h3-4,6H,1-2,5H2;1-2H3. The molecule has 0 aromatic rings. The maximum absolute atomic E-state index is 3.49. The summed E-state index contributed by atoms with van der Waals surface area (Å²) in [5, 5.41) is 2.84. The van der Waals surface area contributed by atoms with E-state index < -0.39 is 0 Å². The van der Waals surface area contributed by atoms with Crippen LogP contribution in [0.4, 0.5) is 0 Å². The first-order valence-electron chi connectivity index (χ1n) is 2.87. The van der Waals surface area contributed by atoms with Crippen molar-refractivity contribution in [2.24, 2.45) is 0 Å². The lowest BCUT2D eigenvalue weighted by molar-refractivity contribution is 0.992. The van der Waals surface area contributed by atoms with Gasteiger partial charge in [-0.3, -0.25) is 0 Å². The lowest BCUT2D eigenvalue weighted by Gasteiger charge is -1.85. The minimum atomic E-state index is 0.809. The summed E-state index contributed by atoms with van der Waals surface area (Å²) >= 11 is 0. The third kappa shape index (κ3) is 18.6. The summed E-state index contributed by atoms with van der Waals surface area (Å²) in [5.41, 5.74) is 0. The van der Waals surface area contributed by atoms with Crippen molar-refractivity contribution in [3.05, 3.63) is 25.4 Å². The van der Waals surface area contributed by atoms with Crippen LogP contribution in [0.25, 0.3) is 0 Å². The third-order valence-electron chi connectivity index (χ3n) is 0.407. The molecule has 1 heteroatoms. The van der Waals surface area contributed by atoms with Crippen LogP contribution in [0, 0.1) is 0 Å². The molecule has 0 aromatic heterocycles. The summed E-state index contributed by atoms with van der Waals surface area (Å²) in [6, 6.07) is 0. The normalized spacial score (nSPS) is 5.75. The topological polar surface area (TPSA) is 12.0 Å². The highest BCUT2D eigenvalue weighted by Crippen LogP contribution is 1.55. The van der Waals surface area contributed by atoms with Crippen molar-refractivity contribution < 1.29 is 0 Å². The molecule has 0 saturated carbocycles. The van der Waals surface area contributed by atoms with E-state index in [2.05, 4.69) is 18.5 Å². The molecule has 0 spiro atoms. The molecule has 1 nitrogen and oxygen atoms in total. The molecular weight excluding hydrogens is 98.1 g/mol. The van der Waals surface area contributed by atoms with Crippen molar-refractivity contribution >= 4 is 0 Å². The van der Waals surface area contributed by atoms with Crippen molar-refractivity contribution in [2.45, 2.75) is 13.8 Å². The first-order chi connectivity index (χ1) is 3.91. The zero-order valence-electron chi connectivity index (χ0n) is 5.78. The van der Waals surface area contributed by atoms with Crippen LogP contribution in [0.5, 0.6) is 0 Å².